The monoisotopic (exact) mass is 346 g/mol. The zero-order chi connectivity index (χ0) is 18.7. The Bertz CT molecular complexity index is 1040. The SMILES string of the molecule is COc1ccc2cc(/C=C(\C#N)c3nc(N)nc(N(C)C)n3)ccc2c1. The quantitative estimate of drug-likeness (QED) is 0.725. The number of nitrogen functional groups attached to an aromatic ring is 1. The lowest BCUT2D eigenvalue weighted by Gasteiger charge is -2.11. The van der Waals surface area contributed by atoms with Gasteiger partial charge in [0.05, 0.1) is 12.7 Å². The van der Waals surface area contributed by atoms with E-state index in [4.69, 9.17) is 10.5 Å². The largest absolute Gasteiger partial charge is 0.497 e. The molecule has 7 nitrogen and oxygen atoms in total. The van der Waals surface area contributed by atoms with E-state index in [2.05, 4.69) is 21.0 Å². The molecule has 3 aromatic rings. The van der Waals surface area contributed by atoms with Gasteiger partial charge in [0.1, 0.15) is 11.8 Å². The standard InChI is InChI=1S/C19H18N6O/c1-25(2)19-23-17(22-18(21)24-19)15(11-20)9-12-4-5-14-10-16(26-3)7-6-13(14)8-12/h4-10H,1-3H3,(H2,21,22,23,24)/b15-9+. The van der Waals surface area contributed by atoms with Crippen LogP contribution in [0.4, 0.5) is 11.9 Å². The molecule has 0 saturated carbocycles. The maximum absolute atomic E-state index is 9.55. The number of hydrogen-bond acceptors (Lipinski definition) is 7. The van der Waals surface area contributed by atoms with Crippen molar-refractivity contribution in [3.05, 3.63) is 47.8 Å². The number of hydrogen-bond donors (Lipinski definition) is 1. The van der Waals surface area contributed by atoms with Crippen molar-refractivity contribution in [3.8, 4) is 11.8 Å². The summed E-state index contributed by atoms with van der Waals surface area (Å²) < 4.78 is 5.24. The van der Waals surface area contributed by atoms with Crippen molar-refractivity contribution in [2.24, 2.45) is 0 Å². The van der Waals surface area contributed by atoms with Crippen molar-refractivity contribution in [2.45, 2.75) is 0 Å². The predicted molar refractivity (Wildman–Crippen MR) is 103 cm³/mol. The minimum Gasteiger partial charge on any atom is -0.497 e. The van der Waals surface area contributed by atoms with Crippen LogP contribution < -0.4 is 15.4 Å². The molecule has 0 aliphatic heterocycles. The molecule has 2 N–H and O–H groups in total. The Morgan fingerprint density at radius 1 is 1.12 bits per heavy atom. The summed E-state index contributed by atoms with van der Waals surface area (Å²) in [6.45, 7) is 0. The van der Waals surface area contributed by atoms with E-state index in [-0.39, 0.29) is 11.8 Å². The number of anilines is 2. The van der Waals surface area contributed by atoms with Gasteiger partial charge in [-0.15, -0.1) is 0 Å². The molecule has 0 unspecified atom stereocenters. The van der Waals surface area contributed by atoms with Crippen LogP contribution in [0.3, 0.4) is 0 Å². The molecule has 26 heavy (non-hydrogen) atoms. The molecule has 0 aliphatic rings. The number of fused-ring (bicyclic) bond motifs is 1. The Morgan fingerprint density at radius 3 is 2.54 bits per heavy atom. The number of rotatable bonds is 4. The first-order valence-electron chi connectivity index (χ1n) is 7.89. The van der Waals surface area contributed by atoms with Gasteiger partial charge < -0.3 is 15.4 Å². The molecule has 0 bridgehead atoms. The number of nitrogens with two attached hydrogens (primary N) is 1. The molecule has 0 spiro atoms. The first kappa shape index (κ1) is 17.2. The van der Waals surface area contributed by atoms with Crippen LogP contribution in [0.1, 0.15) is 11.4 Å². The van der Waals surface area contributed by atoms with Gasteiger partial charge in [0, 0.05) is 14.1 Å². The molecule has 7 heteroatoms. The predicted octanol–water partition coefficient (Wildman–Crippen LogP) is 2.75. The van der Waals surface area contributed by atoms with Crippen LogP contribution in [0.15, 0.2) is 36.4 Å². The van der Waals surface area contributed by atoms with Crippen molar-refractivity contribution in [3.63, 3.8) is 0 Å². The number of allylic oxidation sites excluding steroid dienone is 1. The van der Waals surface area contributed by atoms with E-state index < -0.39 is 0 Å². The van der Waals surface area contributed by atoms with Crippen molar-refractivity contribution in [1.82, 2.24) is 15.0 Å². The Labute approximate surface area is 151 Å². The van der Waals surface area contributed by atoms with Crippen LogP contribution >= 0.6 is 0 Å². The highest BCUT2D eigenvalue weighted by Crippen LogP contribution is 2.24. The lowest BCUT2D eigenvalue weighted by Crippen LogP contribution is -2.15. The fourth-order valence-corrected chi connectivity index (χ4v) is 2.47. The van der Waals surface area contributed by atoms with E-state index in [1.165, 1.54) is 0 Å². The van der Waals surface area contributed by atoms with Crippen LogP contribution in [-0.2, 0) is 0 Å². The van der Waals surface area contributed by atoms with E-state index in [0.29, 0.717) is 11.5 Å². The third-order valence-corrected chi connectivity index (χ3v) is 3.78. The molecule has 0 aliphatic carbocycles. The summed E-state index contributed by atoms with van der Waals surface area (Å²) in [7, 11) is 5.23. The molecule has 0 radical (unpaired) electrons. The summed E-state index contributed by atoms with van der Waals surface area (Å²) >= 11 is 0. The highest BCUT2D eigenvalue weighted by molar-refractivity contribution is 5.91. The average molecular weight is 346 g/mol. The number of ether oxygens (including phenoxy) is 1. The Hall–Kier alpha value is -3.66. The second-order valence-corrected chi connectivity index (χ2v) is 5.85. The normalized spacial score (nSPS) is 11.2. The first-order valence-corrected chi connectivity index (χ1v) is 7.89. The van der Waals surface area contributed by atoms with E-state index in [1.807, 2.05) is 36.4 Å². The van der Waals surface area contributed by atoms with Gasteiger partial charge in [-0.25, -0.2) is 0 Å². The maximum Gasteiger partial charge on any atom is 0.230 e. The van der Waals surface area contributed by atoms with Gasteiger partial charge in [0.25, 0.3) is 0 Å². The molecular formula is C19H18N6O. The van der Waals surface area contributed by atoms with Crippen molar-refractivity contribution in [2.75, 3.05) is 31.8 Å². The summed E-state index contributed by atoms with van der Waals surface area (Å²) in [5.41, 5.74) is 6.93. The van der Waals surface area contributed by atoms with Crippen LogP contribution in [0.25, 0.3) is 22.4 Å². The van der Waals surface area contributed by atoms with E-state index in [9.17, 15) is 5.26 Å². The second-order valence-electron chi connectivity index (χ2n) is 5.85. The molecule has 0 fully saturated rings. The number of nitriles is 1. The van der Waals surface area contributed by atoms with Crippen LogP contribution in [0.2, 0.25) is 0 Å². The molecule has 0 amide bonds. The Kier molecular flexibility index (Phi) is 4.67. The highest BCUT2D eigenvalue weighted by atomic mass is 16.5. The fourth-order valence-electron chi connectivity index (χ4n) is 2.47. The smallest absolute Gasteiger partial charge is 0.230 e. The van der Waals surface area contributed by atoms with Crippen LogP contribution in [0.5, 0.6) is 5.75 Å². The molecule has 1 aromatic heterocycles. The third-order valence-electron chi connectivity index (χ3n) is 3.78. The number of nitrogens with zero attached hydrogens (tertiary/aromatic N) is 5. The third kappa shape index (κ3) is 3.54. The molecular weight excluding hydrogens is 328 g/mol. The topological polar surface area (TPSA) is 101 Å². The van der Waals surface area contributed by atoms with E-state index in [1.54, 1.807) is 32.2 Å². The van der Waals surface area contributed by atoms with E-state index >= 15 is 0 Å². The van der Waals surface area contributed by atoms with Crippen molar-refractivity contribution < 1.29 is 4.74 Å². The van der Waals surface area contributed by atoms with E-state index in [0.717, 1.165) is 22.1 Å². The summed E-state index contributed by atoms with van der Waals surface area (Å²) in [6, 6.07) is 13.9. The Morgan fingerprint density at radius 2 is 1.85 bits per heavy atom. The molecule has 0 atom stereocenters. The average Bonchev–Trinajstić information content (AvgIpc) is 2.64. The first-order chi connectivity index (χ1) is 12.5. The zero-order valence-corrected chi connectivity index (χ0v) is 14.8. The second kappa shape index (κ2) is 7.07. The zero-order valence-electron chi connectivity index (χ0n) is 14.8. The van der Waals surface area contributed by atoms with Gasteiger partial charge in [-0.2, -0.15) is 20.2 Å². The van der Waals surface area contributed by atoms with Crippen molar-refractivity contribution >= 4 is 34.3 Å². The molecule has 1 heterocycles. The van der Waals surface area contributed by atoms with Crippen LogP contribution in [-0.4, -0.2) is 36.2 Å². The van der Waals surface area contributed by atoms with Gasteiger partial charge in [0.2, 0.25) is 11.9 Å². The van der Waals surface area contributed by atoms with Gasteiger partial charge in [0.15, 0.2) is 5.82 Å². The summed E-state index contributed by atoms with van der Waals surface area (Å²) in [4.78, 5) is 14.1. The van der Waals surface area contributed by atoms with Gasteiger partial charge in [-0.1, -0.05) is 18.2 Å². The van der Waals surface area contributed by atoms with Gasteiger partial charge >= 0.3 is 0 Å². The molecule has 3 rings (SSSR count). The fraction of sp³-hybridized carbons (Fsp3) is 0.158. The lowest BCUT2D eigenvalue weighted by molar-refractivity contribution is 0.415. The van der Waals surface area contributed by atoms with Crippen molar-refractivity contribution in [1.29, 1.82) is 5.26 Å². The van der Waals surface area contributed by atoms with Crippen LogP contribution in [0, 0.1) is 11.3 Å². The minimum atomic E-state index is 0.0745. The van der Waals surface area contributed by atoms with Gasteiger partial charge in [-0.05, 0) is 40.6 Å². The molecule has 0 saturated heterocycles. The molecule has 130 valence electrons. The highest BCUT2D eigenvalue weighted by Gasteiger charge is 2.11. The van der Waals surface area contributed by atoms with Gasteiger partial charge in [-0.3, -0.25) is 0 Å². The maximum atomic E-state index is 9.55. The molecule has 2 aromatic carbocycles. The lowest BCUT2D eigenvalue weighted by atomic mass is 10.0. The number of aromatic nitrogens is 3. The summed E-state index contributed by atoms with van der Waals surface area (Å²) in [5.74, 6) is 1.53. The summed E-state index contributed by atoms with van der Waals surface area (Å²) in [6.07, 6.45) is 1.73. The summed E-state index contributed by atoms with van der Waals surface area (Å²) in [5, 5.41) is 11.7. The Balaban J connectivity index is 2.04. The number of benzene rings is 2. The minimum absolute atomic E-state index is 0.0745. The number of methoxy groups -OCH3 is 1.